The Bertz CT molecular complexity index is 1160. The molecule has 6 nitrogen and oxygen atoms in total. The van der Waals surface area contributed by atoms with Crippen LogP contribution in [0.15, 0.2) is 77.3 Å². The molecule has 0 atom stereocenters. The summed E-state index contributed by atoms with van der Waals surface area (Å²) < 4.78 is 5.58. The summed E-state index contributed by atoms with van der Waals surface area (Å²) in [6.45, 7) is 0.418. The van der Waals surface area contributed by atoms with Gasteiger partial charge in [0.2, 0.25) is 5.71 Å². The number of nitrogens with one attached hydrogen (secondary N) is 1. The molecule has 144 valence electrons. The number of hydrogen-bond acceptors (Lipinski definition) is 4. The van der Waals surface area contributed by atoms with Crippen LogP contribution >= 0.6 is 0 Å². The monoisotopic (exact) mass is 386 g/mol. The van der Waals surface area contributed by atoms with Crippen LogP contribution in [0.1, 0.15) is 37.6 Å². The molecular weight excluding hydrogens is 368 g/mol. The summed E-state index contributed by atoms with van der Waals surface area (Å²) in [6, 6.07) is 20.0. The Labute approximate surface area is 166 Å². The van der Waals surface area contributed by atoms with Crippen molar-refractivity contribution in [3.8, 4) is 0 Å². The van der Waals surface area contributed by atoms with E-state index in [2.05, 4.69) is 10.3 Å². The standard InChI is InChI=1S/C23H18N2O4/c26-21(24-13-16-4-2-1-3-5-16)20-12-19-11-17(14-25-22(19)29-20)10-15-6-8-18(9-7-15)23(27)28/h1-9,11-12,14H,10,13H2,(H,24,26)(H,27,28). The fourth-order valence-electron chi connectivity index (χ4n) is 3.05. The molecule has 0 bridgehead atoms. The number of carbonyl (C=O) groups excluding carboxylic acids is 1. The second kappa shape index (κ2) is 7.98. The minimum Gasteiger partial charge on any atom is -0.478 e. The zero-order valence-electron chi connectivity index (χ0n) is 15.5. The Balaban J connectivity index is 1.47. The number of aromatic nitrogens is 1. The summed E-state index contributed by atoms with van der Waals surface area (Å²) >= 11 is 0. The van der Waals surface area contributed by atoms with Crippen molar-refractivity contribution in [3.63, 3.8) is 0 Å². The molecule has 0 aliphatic heterocycles. The second-order valence-electron chi connectivity index (χ2n) is 6.70. The molecule has 2 heterocycles. The van der Waals surface area contributed by atoms with Crippen LogP contribution in [-0.4, -0.2) is 22.0 Å². The average Bonchev–Trinajstić information content (AvgIpc) is 3.17. The van der Waals surface area contributed by atoms with Crippen LogP contribution in [0.25, 0.3) is 11.1 Å². The molecule has 0 fully saturated rings. The summed E-state index contributed by atoms with van der Waals surface area (Å²) in [7, 11) is 0. The van der Waals surface area contributed by atoms with E-state index in [1.807, 2.05) is 36.4 Å². The van der Waals surface area contributed by atoms with Gasteiger partial charge in [-0.1, -0.05) is 42.5 Å². The topological polar surface area (TPSA) is 92.4 Å². The summed E-state index contributed by atoms with van der Waals surface area (Å²) in [5, 5.41) is 12.6. The number of carboxylic acids is 1. The van der Waals surface area contributed by atoms with Gasteiger partial charge in [0.25, 0.3) is 5.91 Å². The van der Waals surface area contributed by atoms with E-state index >= 15 is 0 Å². The molecule has 4 aromatic rings. The third kappa shape index (κ3) is 4.32. The molecule has 4 rings (SSSR count). The van der Waals surface area contributed by atoms with Gasteiger partial charge >= 0.3 is 5.97 Å². The van der Waals surface area contributed by atoms with E-state index in [1.165, 1.54) is 0 Å². The lowest BCUT2D eigenvalue weighted by Gasteiger charge is -2.02. The van der Waals surface area contributed by atoms with Gasteiger partial charge in [-0.15, -0.1) is 0 Å². The first-order valence-electron chi connectivity index (χ1n) is 9.11. The van der Waals surface area contributed by atoms with Crippen LogP contribution in [0.2, 0.25) is 0 Å². The normalized spacial score (nSPS) is 10.8. The first-order chi connectivity index (χ1) is 14.1. The van der Waals surface area contributed by atoms with Gasteiger partial charge in [-0.3, -0.25) is 4.79 Å². The zero-order chi connectivity index (χ0) is 20.2. The second-order valence-corrected chi connectivity index (χ2v) is 6.70. The van der Waals surface area contributed by atoms with Gasteiger partial charge in [0, 0.05) is 18.1 Å². The molecule has 2 aromatic carbocycles. The molecule has 29 heavy (non-hydrogen) atoms. The first-order valence-corrected chi connectivity index (χ1v) is 9.11. The molecule has 0 aliphatic rings. The number of aromatic carboxylic acids is 1. The minimum atomic E-state index is -0.948. The van der Waals surface area contributed by atoms with Crippen molar-refractivity contribution < 1.29 is 19.1 Å². The lowest BCUT2D eigenvalue weighted by Crippen LogP contribution is -2.22. The van der Waals surface area contributed by atoms with E-state index in [9.17, 15) is 9.59 Å². The highest BCUT2D eigenvalue weighted by atomic mass is 16.4. The predicted molar refractivity (Wildman–Crippen MR) is 108 cm³/mol. The highest BCUT2D eigenvalue weighted by Crippen LogP contribution is 2.20. The van der Waals surface area contributed by atoms with E-state index in [0.29, 0.717) is 18.7 Å². The van der Waals surface area contributed by atoms with E-state index in [1.54, 1.807) is 36.5 Å². The first kappa shape index (κ1) is 18.4. The van der Waals surface area contributed by atoms with Crippen molar-refractivity contribution in [1.29, 1.82) is 0 Å². The predicted octanol–water partition coefficient (Wildman–Crippen LogP) is 4.05. The molecule has 2 aromatic heterocycles. The van der Waals surface area contributed by atoms with Gasteiger partial charge < -0.3 is 14.8 Å². The van der Waals surface area contributed by atoms with Gasteiger partial charge in [-0.25, -0.2) is 9.78 Å². The summed E-state index contributed by atoms with van der Waals surface area (Å²) in [4.78, 5) is 27.6. The summed E-state index contributed by atoms with van der Waals surface area (Å²) in [6.07, 6.45) is 2.30. The van der Waals surface area contributed by atoms with Crippen LogP contribution in [0.3, 0.4) is 0 Å². The minimum absolute atomic E-state index is 0.214. The van der Waals surface area contributed by atoms with Crippen LogP contribution < -0.4 is 5.32 Å². The largest absolute Gasteiger partial charge is 0.478 e. The van der Waals surface area contributed by atoms with E-state index in [4.69, 9.17) is 9.52 Å². The summed E-state index contributed by atoms with van der Waals surface area (Å²) in [5.41, 5.74) is 3.58. The Morgan fingerprint density at radius 1 is 0.931 bits per heavy atom. The van der Waals surface area contributed by atoms with Crippen molar-refractivity contribution in [2.24, 2.45) is 0 Å². The smallest absolute Gasteiger partial charge is 0.335 e. The van der Waals surface area contributed by atoms with E-state index < -0.39 is 5.97 Å². The molecule has 0 saturated heterocycles. The van der Waals surface area contributed by atoms with Crippen LogP contribution in [-0.2, 0) is 13.0 Å². The fourth-order valence-corrected chi connectivity index (χ4v) is 3.05. The molecule has 2 N–H and O–H groups in total. The van der Waals surface area contributed by atoms with Crippen LogP contribution in [0, 0.1) is 0 Å². The third-order valence-corrected chi connectivity index (χ3v) is 4.56. The number of nitrogens with zero attached hydrogens (tertiary/aromatic N) is 1. The maximum absolute atomic E-state index is 12.4. The number of furan rings is 1. The number of benzene rings is 2. The third-order valence-electron chi connectivity index (χ3n) is 4.56. The quantitative estimate of drug-likeness (QED) is 0.522. The number of pyridine rings is 1. The number of rotatable bonds is 6. The molecule has 0 aliphatic carbocycles. The molecule has 0 saturated carbocycles. The Kier molecular flexibility index (Phi) is 5.07. The number of amides is 1. The molecule has 0 unspecified atom stereocenters. The Morgan fingerprint density at radius 3 is 2.41 bits per heavy atom. The van der Waals surface area contributed by atoms with Crippen molar-refractivity contribution in [2.75, 3.05) is 0 Å². The van der Waals surface area contributed by atoms with Crippen LogP contribution in [0.4, 0.5) is 0 Å². The molecule has 0 radical (unpaired) electrons. The highest BCUT2D eigenvalue weighted by molar-refractivity contribution is 5.95. The van der Waals surface area contributed by atoms with Gasteiger partial charge in [0.1, 0.15) is 0 Å². The maximum Gasteiger partial charge on any atom is 0.335 e. The van der Waals surface area contributed by atoms with Crippen molar-refractivity contribution >= 4 is 23.0 Å². The number of fused-ring (bicyclic) bond motifs is 1. The molecular formula is C23H18N2O4. The van der Waals surface area contributed by atoms with Crippen molar-refractivity contribution in [1.82, 2.24) is 10.3 Å². The zero-order valence-corrected chi connectivity index (χ0v) is 15.5. The molecule has 0 spiro atoms. The SMILES string of the molecule is O=C(O)c1ccc(Cc2cnc3oc(C(=O)NCc4ccccc4)cc3c2)cc1. The van der Waals surface area contributed by atoms with Gasteiger partial charge in [-0.2, -0.15) is 0 Å². The maximum atomic E-state index is 12.4. The summed E-state index contributed by atoms with van der Waals surface area (Å²) in [5.74, 6) is -1.03. The van der Waals surface area contributed by atoms with Crippen LogP contribution in [0.5, 0.6) is 0 Å². The highest BCUT2D eigenvalue weighted by Gasteiger charge is 2.13. The molecule has 6 heteroatoms. The van der Waals surface area contributed by atoms with Crippen molar-refractivity contribution in [3.05, 3.63) is 101 Å². The van der Waals surface area contributed by atoms with Gasteiger partial charge in [0.05, 0.1) is 5.56 Å². The number of carbonyl (C=O) groups is 2. The lowest BCUT2D eigenvalue weighted by molar-refractivity contribution is 0.0696. The molecule has 1 amide bonds. The number of carboxylic acid groups (broad SMARTS) is 1. The van der Waals surface area contributed by atoms with Gasteiger partial charge in [0.15, 0.2) is 5.76 Å². The Morgan fingerprint density at radius 2 is 1.69 bits per heavy atom. The van der Waals surface area contributed by atoms with Gasteiger partial charge in [-0.05, 0) is 47.4 Å². The number of hydrogen-bond donors (Lipinski definition) is 2. The Hall–Kier alpha value is -3.93. The average molecular weight is 386 g/mol. The fraction of sp³-hybridized carbons (Fsp3) is 0.0870. The lowest BCUT2D eigenvalue weighted by atomic mass is 10.0. The van der Waals surface area contributed by atoms with E-state index in [0.717, 1.165) is 22.1 Å². The van der Waals surface area contributed by atoms with Crippen molar-refractivity contribution in [2.45, 2.75) is 13.0 Å². The van der Waals surface area contributed by atoms with E-state index in [-0.39, 0.29) is 17.2 Å².